The number of anilines is 2. The molecule has 0 amide bonds. The maximum absolute atomic E-state index is 13.8. The third-order valence-electron chi connectivity index (χ3n) is 2.45. The molecule has 2 N–H and O–H groups in total. The van der Waals surface area contributed by atoms with Gasteiger partial charge in [0, 0.05) is 35.3 Å². The molecule has 1 aromatic heterocycles. The van der Waals surface area contributed by atoms with E-state index in [1.807, 2.05) is 0 Å². The molecule has 2 rings (SSSR count). The minimum Gasteiger partial charge on any atom is -0.760 e. The molecule has 10 heteroatoms. The van der Waals surface area contributed by atoms with Gasteiger partial charge in [-0.2, -0.15) is 4.98 Å². The Hall–Kier alpha value is -1.13. The van der Waals surface area contributed by atoms with Gasteiger partial charge in [0.05, 0.1) is 4.47 Å². The van der Waals surface area contributed by atoms with E-state index in [4.69, 9.17) is 11.6 Å². The first-order chi connectivity index (χ1) is 9.97. The summed E-state index contributed by atoms with van der Waals surface area (Å²) >= 11 is 6.46. The highest BCUT2D eigenvalue weighted by Crippen LogP contribution is 2.27. The third-order valence-corrected chi connectivity index (χ3v) is 3.60. The number of hydrogen-bond donors (Lipinski definition) is 2. The average molecular weight is 395 g/mol. The van der Waals surface area contributed by atoms with E-state index in [1.54, 1.807) is 6.07 Å². The van der Waals surface area contributed by atoms with Crippen LogP contribution in [0, 0.1) is 5.82 Å². The molecule has 0 radical (unpaired) electrons. The van der Waals surface area contributed by atoms with Crippen molar-refractivity contribution in [2.45, 2.75) is 6.54 Å². The zero-order valence-corrected chi connectivity index (χ0v) is 13.4. The van der Waals surface area contributed by atoms with Crippen LogP contribution in [0.25, 0.3) is 0 Å². The Morgan fingerprint density at radius 3 is 2.95 bits per heavy atom. The van der Waals surface area contributed by atoms with E-state index in [2.05, 4.69) is 35.9 Å². The Morgan fingerprint density at radius 1 is 1.48 bits per heavy atom. The van der Waals surface area contributed by atoms with Crippen molar-refractivity contribution in [1.82, 2.24) is 14.7 Å². The number of halogens is 3. The lowest BCUT2D eigenvalue weighted by atomic mass is 10.1. The van der Waals surface area contributed by atoms with E-state index in [-0.39, 0.29) is 17.4 Å². The Bertz CT molecular complexity index is 691. The second-order valence-corrected chi connectivity index (χ2v) is 5.73. The van der Waals surface area contributed by atoms with Gasteiger partial charge in [0.2, 0.25) is 5.28 Å². The Labute approximate surface area is 135 Å². The van der Waals surface area contributed by atoms with Gasteiger partial charge in [-0.15, -0.1) is 0 Å². The number of nitrogens with zero attached hydrogens (tertiary/aromatic N) is 2. The highest BCUT2D eigenvalue weighted by molar-refractivity contribution is 9.10. The lowest BCUT2D eigenvalue weighted by Gasteiger charge is -2.14. The summed E-state index contributed by atoms with van der Waals surface area (Å²) in [6, 6.07) is 4.32. The van der Waals surface area contributed by atoms with E-state index in [9.17, 15) is 13.2 Å². The van der Waals surface area contributed by atoms with Crippen molar-refractivity contribution < 1.29 is 13.2 Å². The normalized spacial score (nSPS) is 12.2. The summed E-state index contributed by atoms with van der Waals surface area (Å²) in [7, 11) is 0. The third kappa shape index (κ3) is 4.42. The molecule has 1 atom stereocenters. The van der Waals surface area contributed by atoms with Crippen molar-refractivity contribution in [3.63, 3.8) is 0 Å². The number of aromatic nitrogens is 2. The molecule has 0 aliphatic carbocycles. The number of hydrogen-bond acceptors (Lipinski definition) is 5. The van der Waals surface area contributed by atoms with E-state index in [1.165, 1.54) is 18.3 Å². The molecule has 1 aromatic carbocycles. The van der Waals surface area contributed by atoms with Gasteiger partial charge >= 0.3 is 0 Å². The fourth-order valence-electron chi connectivity index (χ4n) is 1.55. The van der Waals surface area contributed by atoms with Gasteiger partial charge in [0.1, 0.15) is 11.6 Å². The summed E-state index contributed by atoms with van der Waals surface area (Å²) in [5.74, 6) is -0.209. The minimum absolute atomic E-state index is 0.0254. The first-order valence-corrected chi connectivity index (χ1v) is 7.77. The average Bonchev–Trinajstić information content (AvgIpc) is 2.42. The van der Waals surface area contributed by atoms with Crippen LogP contribution in [0.15, 0.2) is 28.9 Å². The standard InChI is InChI=1S/C11H9BrClFN4O2S/c12-7-5-15-11(13)18-10(7)17-9-3-1-2-8(14)6(9)4-16-21(19)20/h1-3,5,16H,4H2,(H,19,20)(H,15,17,18)/p-1. The second-order valence-electron chi connectivity index (χ2n) is 3.78. The van der Waals surface area contributed by atoms with Crippen LogP contribution < -0.4 is 10.0 Å². The van der Waals surface area contributed by atoms with Crippen LogP contribution in [-0.4, -0.2) is 18.7 Å². The van der Waals surface area contributed by atoms with Crippen molar-refractivity contribution in [1.29, 1.82) is 0 Å². The van der Waals surface area contributed by atoms with Gasteiger partial charge < -0.3 is 9.87 Å². The molecule has 2 aromatic rings. The van der Waals surface area contributed by atoms with Gasteiger partial charge in [-0.25, -0.2) is 14.1 Å². The molecule has 6 nitrogen and oxygen atoms in total. The summed E-state index contributed by atoms with van der Waals surface area (Å²) in [6.45, 7) is -0.193. The molecule has 0 aliphatic heterocycles. The van der Waals surface area contributed by atoms with Crippen LogP contribution in [0.2, 0.25) is 5.28 Å². The summed E-state index contributed by atoms with van der Waals surface area (Å²) in [5.41, 5.74) is 0.520. The monoisotopic (exact) mass is 393 g/mol. The molecule has 112 valence electrons. The van der Waals surface area contributed by atoms with Crippen LogP contribution in [0.1, 0.15) is 5.56 Å². The molecule has 21 heavy (non-hydrogen) atoms. The molecule has 0 saturated carbocycles. The van der Waals surface area contributed by atoms with Crippen LogP contribution in [0.4, 0.5) is 15.9 Å². The predicted octanol–water partition coefficient (Wildman–Crippen LogP) is 2.66. The molecule has 0 spiro atoms. The van der Waals surface area contributed by atoms with Crippen molar-refractivity contribution in [2.24, 2.45) is 0 Å². The first-order valence-electron chi connectivity index (χ1n) is 5.52. The zero-order valence-electron chi connectivity index (χ0n) is 10.3. The summed E-state index contributed by atoms with van der Waals surface area (Å²) in [5, 5.41) is 2.91. The lowest BCUT2D eigenvalue weighted by Crippen LogP contribution is -2.17. The fourth-order valence-corrected chi connectivity index (χ4v) is 2.23. The molecule has 0 bridgehead atoms. The Kier molecular flexibility index (Phi) is 5.59. The second kappa shape index (κ2) is 7.23. The lowest BCUT2D eigenvalue weighted by molar-refractivity contribution is 0.520. The largest absolute Gasteiger partial charge is 0.760 e. The van der Waals surface area contributed by atoms with E-state index >= 15 is 0 Å². The van der Waals surface area contributed by atoms with E-state index < -0.39 is 17.1 Å². The van der Waals surface area contributed by atoms with Gasteiger partial charge in [-0.05, 0) is 39.7 Å². The summed E-state index contributed by atoms with van der Waals surface area (Å²) in [4.78, 5) is 7.75. The number of benzene rings is 1. The SMILES string of the molecule is O=S([O-])NCc1c(F)cccc1Nc1nc(Cl)ncc1Br. The fraction of sp³-hybridized carbons (Fsp3) is 0.0909. The maximum atomic E-state index is 13.8. The van der Waals surface area contributed by atoms with Crippen LogP contribution >= 0.6 is 27.5 Å². The zero-order chi connectivity index (χ0) is 15.4. The number of nitrogens with one attached hydrogen (secondary N) is 2. The molecule has 0 saturated heterocycles. The van der Waals surface area contributed by atoms with Gasteiger partial charge in [0.25, 0.3) is 0 Å². The highest BCUT2D eigenvalue weighted by Gasteiger charge is 2.11. The van der Waals surface area contributed by atoms with Crippen LogP contribution in [0.5, 0.6) is 0 Å². The quantitative estimate of drug-likeness (QED) is 0.601. The van der Waals surface area contributed by atoms with Crippen LogP contribution in [-0.2, 0) is 17.8 Å². The minimum atomic E-state index is -2.49. The van der Waals surface area contributed by atoms with Crippen LogP contribution in [0.3, 0.4) is 0 Å². The van der Waals surface area contributed by atoms with E-state index in [0.717, 1.165) is 0 Å². The van der Waals surface area contributed by atoms with Crippen molar-refractivity contribution in [2.75, 3.05) is 5.32 Å². The smallest absolute Gasteiger partial charge is 0.224 e. The van der Waals surface area contributed by atoms with E-state index in [0.29, 0.717) is 16.0 Å². The molecule has 1 unspecified atom stereocenters. The van der Waals surface area contributed by atoms with Crippen molar-refractivity contribution in [3.05, 3.63) is 45.5 Å². The van der Waals surface area contributed by atoms with Gasteiger partial charge in [-0.1, -0.05) is 6.07 Å². The molecular formula is C11H8BrClFN4O2S-. The maximum Gasteiger partial charge on any atom is 0.224 e. The van der Waals surface area contributed by atoms with Gasteiger partial charge in [0.15, 0.2) is 0 Å². The summed E-state index contributed by atoms with van der Waals surface area (Å²) < 4.78 is 37.6. The molecular weight excluding hydrogens is 387 g/mol. The Morgan fingerprint density at radius 2 is 2.24 bits per heavy atom. The Balaban J connectivity index is 2.33. The molecule has 0 aliphatic rings. The summed E-state index contributed by atoms with van der Waals surface area (Å²) in [6.07, 6.45) is 1.45. The molecule has 0 fully saturated rings. The predicted molar refractivity (Wildman–Crippen MR) is 80.2 cm³/mol. The number of rotatable bonds is 5. The topological polar surface area (TPSA) is 90.0 Å². The first kappa shape index (κ1) is 16.2. The molecule has 1 heterocycles. The van der Waals surface area contributed by atoms with Crippen molar-refractivity contribution >= 4 is 50.3 Å². The van der Waals surface area contributed by atoms with Gasteiger partial charge in [-0.3, -0.25) is 4.21 Å². The van der Waals surface area contributed by atoms with Crippen molar-refractivity contribution in [3.8, 4) is 0 Å². The highest BCUT2D eigenvalue weighted by atomic mass is 79.9.